The first-order valence-corrected chi connectivity index (χ1v) is 8.42. The van der Waals surface area contributed by atoms with E-state index in [0.717, 1.165) is 43.5 Å². The van der Waals surface area contributed by atoms with Crippen LogP contribution >= 0.6 is 0 Å². The number of hydrogen-bond acceptors (Lipinski definition) is 4. The van der Waals surface area contributed by atoms with Crippen molar-refractivity contribution < 1.29 is 9.53 Å². The molecule has 1 aromatic carbocycles. The average molecular weight is 327 g/mol. The van der Waals surface area contributed by atoms with Crippen molar-refractivity contribution in [3.63, 3.8) is 0 Å². The molecule has 0 fully saturated rings. The minimum atomic E-state index is 0.0763. The van der Waals surface area contributed by atoms with Crippen LogP contribution in [-0.4, -0.2) is 17.4 Å². The van der Waals surface area contributed by atoms with E-state index in [1.54, 1.807) is 12.3 Å². The molecule has 0 bridgehead atoms. The summed E-state index contributed by atoms with van der Waals surface area (Å²) in [4.78, 5) is 16.0. The number of para-hydroxylation sites is 1. The second-order valence-corrected chi connectivity index (χ2v) is 5.65. The third kappa shape index (κ3) is 6.79. The molecule has 0 saturated heterocycles. The van der Waals surface area contributed by atoms with Gasteiger partial charge in [0.15, 0.2) is 0 Å². The number of nitrogens with one attached hydrogen (secondary N) is 1. The normalized spacial score (nSPS) is 10.4. The molecule has 0 saturated carbocycles. The minimum absolute atomic E-state index is 0.0763. The fraction of sp³-hybridized carbons (Fsp3) is 0.368. The highest BCUT2D eigenvalue weighted by atomic mass is 16.5. The summed E-state index contributed by atoms with van der Waals surface area (Å²) in [6, 6.07) is 13.2. The van der Waals surface area contributed by atoms with E-state index < -0.39 is 0 Å². The molecule has 0 radical (unpaired) electrons. The molecule has 5 heteroatoms. The van der Waals surface area contributed by atoms with Gasteiger partial charge in [0.05, 0.1) is 0 Å². The van der Waals surface area contributed by atoms with Gasteiger partial charge in [-0.2, -0.15) is 0 Å². The number of ether oxygens (including phenoxy) is 1. The van der Waals surface area contributed by atoms with Crippen molar-refractivity contribution in [2.75, 3.05) is 6.54 Å². The summed E-state index contributed by atoms with van der Waals surface area (Å²) >= 11 is 0. The van der Waals surface area contributed by atoms with E-state index in [9.17, 15) is 4.79 Å². The number of rotatable bonds is 10. The maximum atomic E-state index is 11.8. The summed E-state index contributed by atoms with van der Waals surface area (Å²) in [5.41, 5.74) is 6.39. The number of hydrogen-bond donors (Lipinski definition) is 2. The zero-order chi connectivity index (χ0) is 17.0. The fourth-order valence-corrected chi connectivity index (χ4v) is 2.26. The van der Waals surface area contributed by atoms with Gasteiger partial charge in [0.2, 0.25) is 11.8 Å². The Morgan fingerprint density at radius 3 is 2.54 bits per heavy atom. The predicted molar refractivity (Wildman–Crippen MR) is 94.7 cm³/mol. The molecule has 0 unspecified atom stereocenters. The number of nitrogens with zero attached hydrogens (tertiary/aromatic N) is 1. The topological polar surface area (TPSA) is 77.2 Å². The number of unbranched alkanes of at least 4 members (excludes halogenated alkanes) is 3. The summed E-state index contributed by atoms with van der Waals surface area (Å²) in [5.74, 6) is 1.37. The van der Waals surface area contributed by atoms with Crippen LogP contribution in [-0.2, 0) is 11.3 Å². The first-order chi connectivity index (χ1) is 11.8. The highest BCUT2D eigenvalue weighted by Gasteiger charge is 2.03. The van der Waals surface area contributed by atoms with Crippen LogP contribution in [0, 0.1) is 0 Å². The Balaban J connectivity index is 1.69. The summed E-state index contributed by atoms with van der Waals surface area (Å²) < 4.78 is 5.64. The van der Waals surface area contributed by atoms with Gasteiger partial charge in [-0.15, -0.1) is 0 Å². The molecule has 2 rings (SSSR count). The van der Waals surface area contributed by atoms with Crippen molar-refractivity contribution in [3.8, 4) is 11.6 Å². The van der Waals surface area contributed by atoms with Crippen LogP contribution in [0.2, 0.25) is 0 Å². The molecule has 0 aliphatic rings. The Morgan fingerprint density at radius 1 is 1.04 bits per heavy atom. The number of amides is 1. The maximum Gasteiger partial charge on any atom is 0.220 e. The molecule has 1 heterocycles. The highest BCUT2D eigenvalue weighted by Crippen LogP contribution is 2.18. The van der Waals surface area contributed by atoms with Gasteiger partial charge in [-0.25, -0.2) is 4.98 Å². The number of aromatic nitrogens is 1. The Labute approximate surface area is 143 Å². The van der Waals surface area contributed by atoms with E-state index >= 15 is 0 Å². The quantitative estimate of drug-likeness (QED) is 0.656. The molecule has 0 aliphatic heterocycles. The Morgan fingerprint density at radius 2 is 1.83 bits per heavy atom. The third-order valence-electron chi connectivity index (χ3n) is 3.61. The lowest BCUT2D eigenvalue weighted by Crippen LogP contribution is -2.22. The Bertz CT molecular complexity index is 600. The lowest BCUT2D eigenvalue weighted by molar-refractivity contribution is -0.121. The van der Waals surface area contributed by atoms with E-state index in [1.807, 2.05) is 36.4 Å². The minimum Gasteiger partial charge on any atom is -0.439 e. The van der Waals surface area contributed by atoms with E-state index in [1.165, 1.54) is 0 Å². The summed E-state index contributed by atoms with van der Waals surface area (Å²) in [5, 5.41) is 2.91. The van der Waals surface area contributed by atoms with Gasteiger partial charge in [-0.1, -0.05) is 37.1 Å². The number of carbonyl (C=O) groups is 1. The molecule has 1 aromatic heterocycles. The molecule has 0 atom stereocenters. The Hall–Kier alpha value is -2.40. The smallest absolute Gasteiger partial charge is 0.220 e. The summed E-state index contributed by atoms with van der Waals surface area (Å²) in [7, 11) is 0. The van der Waals surface area contributed by atoms with Gasteiger partial charge >= 0.3 is 0 Å². The van der Waals surface area contributed by atoms with Gasteiger partial charge in [0.25, 0.3) is 0 Å². The largest absolute Gasteiger partial charge is 0.439 e. The van der Waals surface area contributed by atoms with Crippen LogP contribution in [0.1, 0.15) is 37.7 Å². The van der Waals surface area contributed by atoms with Gasteiger partial charge < -0.3 is 15.8 Å². The lowest BCUT2D eigenvalue weighted by atomic mass is 10.1. The van der Waals surface area contributed by atoms with Crippen LogP contribution in [0.15, 0.2) is 48.7 Å². The number of nitrogens with two attached hydrogens (primary N) is 1. The van der Waals surface area contributed by atoms with Gasteiger partial charge in [-0.3, -0.25) is 4.79 Å². The number of carbonyl (C=O) groups excluding carboxylic acids is 1. The monoisotopic (exact) mass is 327 g/mol. The highest BCUT2D eigenvalue weighted by molar-refractivity contribution is 5.75. The predicted octanol–water partition coefficient (Wildman–Crippen LogP) is 3.40. The Kier molecular flexibility index (Phi) is 7.77. The van der Waals surface area contributed by atoms with Crippen LogP contribution < -0.4 is 15.8 Å². The van der Waals surface area contributed by atoms with Gasteiger partial charge in [-0.05, 0) is 37.1 Å². The SMILES string of the molecule is NCCCCCCC(=O)NCc1ccc(Oc2ccccc2)nc1. The van der Waals surface area contributed by atoms with Gasteiger partial charge in [0, 0.05) is 25.2 Å². The maximum absolute atomic E-state index is 11.8. The van der Waals surface area contributed by atoms with E-state index in [-0.39, 0.29) is 5.91 Å². The first kappa shape index (κ1) is 17.9. The second kappa shape index (κ2) is 10.4. The molecule has 0 spiro atoms. The van der Waals surface area contributed by atoms with Crippen LogP contribution in [0.25, 0.3) is 0 Å². The van der Waals surface area contributed by atoms with Crippen molar-refractivity contribution in [3.05, 3.63) is 54.2 Å². The lowest BCUT2D eigenvalue weighted by Gasteiger charge is -2.07. The van der Waals surface area contributed by atoms with Crippen molar-refractivity contribution in [2.45, 2.75) is 38.6 Å². The van der Waals surface area contributed by atoms with Crippen LogP contribution in [0.4, 0.5) is 0 Å². The molecule has 5 nitrogen and oxygen atoms in total. The first-order valence-electron chi connectivity index (χ1n) is 8.42. The average Bonchev–Trinajstić information content (AvgIpc) is 2.62. The van der Waals surface area contributed by atoms with E-state index in [4.69, 9.17) is 10.5 Å². The van der Waals surface area contributed by atoms with Crippen molar-refractivity contribution >= 4 is 5.91 Å². The van der Waals surface area contributed by atoms with Gasteiger partial charge in [0.1, 0.15) is 5.75 Å². The molecule has 1 amide bonds. The molecule has 2 aromatic rings. The molecule has 128 valence electrons. The van der Waals surface area contributed by atoms with Crippen molar-refractivity contribution in [1.82, 2.24) is 10.3 Å². The number of pyridine rings is 1. The fourth-order valence-electron chi connectivity index (χ4n) is 2.26. The van der Waals surface area contributed by atoms with Crippen molar-refractivity contribution in [2.24, 2.45) is 5.73 Å². The molecule has 0 aliphatic carbocycles. The summed E-state index contributed by atoms with van der Waals surface area (Å²) in [6.07, 6.45) is 6.37. The van der Waals surface area contributed by atoms with Crippen molar-refractivity contribution in [1.29, 1.82) is 0 Å². The van der Waals surface area contributed by atoms with Crippen LogP contribution in [0.5, 0.6) is 11.6 Å². The third-order valence-corrected chi connectivity index (χ3v) is 3.61. The number of benzene rings is 1. The van der Waals surface area contributed by atoms with E-state index in [0.29, 0.717) is 18.8 Å². The summed E-state index contributed by atoms with van der Waals surface area (Å²) in [6.45, 7) is 1.21. The van der Waals surface area contributed by atoms with Crippen LogP contribution in [0.3, 0.4) is 0 Å². The second-order valence-electron chi connectivity index (χ2n) is 5.65. The molecule has 24 heavy (non-hydrogen) atoms. The standard InChI is InChI=1S/C19H25N3O2/c20-13-7-2-1-6-10-18(23)21-14-16-11-12-19(22-15-16)24-17-8-4-3-5-9-17/h3-5,8-9,11-12,15H,1-2,6-7,10,13-14,20H2,(H,21,23). The molecular formula is C19H25N3O2. The zero-order valence-electron chi connectivity index (χ0n) is 13.9. The molecular weight excluding hydrogens is 302 g/mol. The van der Waals surface area contributed by atoms with E-state index in [2.05, 4.69) is 10.3 Å². The molecule has 3 N–H and O–H groups in total. The zero-order valence-corrected chi connectivity index (χ0v) is 13.9.